The first-order valence-electron chi connectivity index (χ1n) is 5.70. The van der Waals surface area contributed by atoms with Gasteiger partial charge in [-0.2, -0.15) is 0 Å². The fraction of sp³-hybridized carbons (Fsp3) is 0.462. The highest BCUT2D eigenvalue weighted by Crippen LogP contribution is 2.29. The molecule has 0 aliphatic rings. The lowest BCUT2D eigenvalue weighted by Gasteiger charge is -2.24. The van der Waals surface area contributed by atoms with Crippen LogP contribution in [0.4, 0.5) is 0 Å². The summed E-state index contributed by atoms with van der Waals surface area (Å²) in [4.78, 5) is 11.7. The van der Waals surface area contributed by atoms with Gasteiger partial charge < -0.3 is 10.2 Å². The predicted molar refractivity (Wildman–Crippen MR) is 69.7 cm³/mol. The SMILES string of the molecule is CCC(O)(CC)CSc1ccccc1C(=O)O. The van der Waals surface area contributed by atoms with Gasteiger partial charge in [0.15, 0.2) is 0 Å². The normalized spacial score (nSPS) is 11.5. The largest absolute Gasteiger partial charge is 0.478 e. The first kappa shape index (κ1) is 14.1. The second kappa shape index (κ2) is 6.07. The monoisotopic (exact) mass is 254 g/mol. The Morgan fingerprint density at radius 3 is 2.41 bits per heavy atom. The standard InChI is InChI=1S/C13H18O3S/c1-3-13(16,4-2)9-17-11-8-6-5-7-10(11)12(14)15/h5-8,16H,3-4,9H2,1-2H3,(H,14,15). The van der Waals surface area contributed by atoms with E-state index in [0.29, 0.717) is 29.1 Å². The van der Waals surface area contributed by atoms with Gasteiger partial charge in [-0.1, -0.05) is 26.0 Å². The van der Waals surface area contributed by atoms with Crippen molar-refractivity contribution in [3.63, 3.8) is 0 Å². The molecule has 17 heavy (non-hydrogen) atoms. The number of rotatable bonds is 6. The predicted octanol–water partition coefficient (Wildman–Crippen LogP) is 3.03. The number of carboxylic acids is 1. The molecule has 0 saturated heterocycles. The number of benzene rings is 1. The van der Waals surface area contributed by atoms with Gasteiger partial charge >= 0.3 is 5.97 Å². The van der Waals surface area contributed by atoms with Gasteiger partial charge in [-0.05, 0) is 25.0 Å². The van der Waals surface area contributed by atoms with E-state index in [2.05, 4.69) is 0 Å². The van der Waals surface area contributed by atoms with Crippen molar-refractivity contribution in [2.45, 2.75) is 37.2 Å². The second-order valence-corrected chi connectivity index (χ2v) is 5.04. The third kappa shape index (κ3) is 3.75. The van der Waals surface area contributed by atoms with Gasteiger partial charge in [0.1, 0.15) is 0 Å². The Morgan fingerprint density at radius 2 is 1.88 bits per heavy atom. The molecule has 0 unspecified atom stereocenters. The zero-order chi connectivity index (χ0) is 12.9. The molecular formula is C13H18O3S. The molecule has 0 aliphatic carbocycles. The first-order chi connectivity index (χ1) is 8.02. The van der Waals surface area contributed by atoms with E-state index in [4.69, 9.17) is 5.11 Å². The highest BCUT2D eigenvalue weighted by Gasteiger charge is 2.23. The number of carboxylic acid groups (broad SMARTS) is 1. The molecular weight excluding hydrogens is 236 g/mol. The molecule has 0 atom stereocenters. The lowest BCUT2D eigenvalue weighted by Crippen LogP contribution is -2.29. The summed E-state index contributed by atoms with van der Waals surface area (Å²) in [6.45, 7) is 3.88. The van der Waals surface area contributed by atoms with E-state index in [1.54, 1.807) is 18.2 Å². The minimum absolute atomic E-state index is 0.298. The average molecular weight is 254 g/mol. The highest BCUT2D eigenvalue weighted by atomic mass is 32.2. The van der Waals surface area contributed by atoms with Gasteiger partial charge in [-0.25, -0.2) is 4.79 Å². The number of hydrogen-bond donors (Lipinski definition) is 2. The van der Waals surface area contributed by atoms with E-state index in [-0.39, 0.29) is 0 Å². The molecule has 0 spiro atoms. The van der Waals surface area contributed by atoms with Crippen LogP contribution in [0.5, 0.6) is 0 Å². The van der Waals surface area contributed by atoms with E-state index in [1.807, 2.05) is 19.9 Å². The quantitative estimate of drug-likeness (QED) is 0.766. The van der Waals surface area contributed by atoms with E-state index in [9.17, 15) is 9.90 Å². The zero-order valence-corrected chi connectivity index (χ0v) is 11.0. The van der Waals surface area contributed by atoms with Gasteiger partial charge in [0.25, 0.3) is 0 Å². The molecule has 94 valence electrons. The molecule has 1 aromatic carbocycles. The van der Waals surface area contributed by atoms with Crippen molar-refractivity contribution >= 4 is 17.7 Å². The van der Waals surface area contributed by atoms with E-state index in [0.717, 1.165) is 0 Å². The lowest BCUT2D eigenvalue weighted by atomic mass is 10.0. The van der Waals surface area contributed by atoms with Crippen LogP contribution in [0.1, 0.15) is 37.0 Å². The zero-order valence-electron chi connectivity index (χ0n) is 10.1. The summed E-state index contributed by atoms with van der Waals surface area (Å²) in [7, 11) is 0. The Hall–Kier alpha value is -1.00. The Morgan fingerprint density at radius 1 is 1.29 bits per heavy atom. The third-order valence-corrected chi connectivity index (χ3v) is 4.28. The fourth-order valence-electron chi connectivity index (χ4n) is 1.44. The number of hydrogen-bond acceptors (Lipinski definition) is 3. The fourth-order valence-corrected chi connectivity index (χ4v) is 2.75. The Balaban J connectivity index is 2.79. The molecule has 0 heterocycles. The smallest absolute Gasteiger partial charge is 0.336 e. The average Bonchev–Trinajstić information content (AvgIpc) is 2.36. The number of aromatic carboxylic acids is 1. The van der Waals surface area contributed by atoms with Crippen molar-refractivity contribution in [1.29, 1.82) is 0 Å². The van der Waals surface area contributed by atoms with Crippen LogP contribution in [0, 0.1) is 0 Å². The molecule has 1 aromatic rings. The van der Waals surface area contributed by atoms with Crippen molar-refractivity contribution in [2.75, 3.05) is 5.75 Å². The van der Waals surface area contributed by atoms with Crippen LogP contribution < -0.4 is 0 Å². The number of aliphatic hydroxyl groups is 1. The van der Waals surface area contributed by atoms with Gasteiger partial charge in [0.2, 0.25) is 0 Å². The minimum atomic E-state index is -0.926. The van der Waals surface area contributed by atoms with Crippen LogP contribution in [0.25, 0.3) is 0 Å². The van der Waals surface area contributed by atoms with Gasteiger partial charge in [0, 0.05) is 10.6 Å². The molecule has 3 nitrogen and oxygen atoms in total. The highest BCUT2D eigenvalue weighted by molar-refractivity contribution is 7.99. The van der Waals surface area contributed by atoms with E-state index < -0.39 is 11.6 Å². The number of carbonyl (C=O) groups is 1. The Kier molecular flexibility index (Phi) is 5.02. The third-order valence-electron chi connectivity index (χ3n) is 2.93. The molecule has 0 saturated carbocycles. The van der Waals surface area contributed by atoms with Crippen molar-refractivity contribution in [3.05, 3.63) is 29.8 Å². The van der Waals surface area contributed by atoms with Crippen molar-refractivity contribution in [1.82, 2.24) is 0 Å². The number of thioether (sulfide) groups is 1. The molecule has 0 fully saturated rings. The summed E-state index contributed by atoms with van der Waals surface area (Å²) >= 11 is 1.40. The first-order valence-corrected chi connectivity index (χ1v) is 6.68. The summed E-state index contributed by atoms with van der Waals surface area (Å²) < 4.78 is 0. The van der Waals surface area contributed by atoms with Crippen LogP contribution in [0.3, 0.4) is 0 Å². The van der Waals surface area contributed by atoms with Crippen molar-refractivity contribution in [3.8, 4) is 0 Å². The maximum Gasteiger partial charge on any atom is 0.336 e. The van der Waals surface area contributed by atoms with Crippen LogP contribution in [0.15, 0.2) is 29.2 Å². The van der Waals surface area contributed by atoms with Crippen molar-refractivity contribution in [2.24, 2.45) is 0 Å². The van der Waals surface area contributed by atoms with Crippen LogP contribution in [-0.2, 0) is 0 Å². The maximum absolute atomic E-state index is 11.0. The Bertz CT molecular complexity index is 386. The lowest BCUT2D eigenvalue weighted by molar-refractivity contribution is 0.0570. The summed E-state index contributed by atoms with van der Waals surface area (Å²) in [6.07, 6.45) is 1.34. The molecule has 1 rings (SSSR count). The molecule has 0 amide bonds. The summed E-state index contributed by atoms with van der Waals surface area (Å²) in [6, 6.07) is 6.88. The summed E-state index contributed by atoms with van der Waals surface area (Å²) in [5.41, 5.74) is -0.414. The molecule has 0 aromatic heterocycles. The minimum Gasteiger partial charge on any atom is -0.478 e. The molecule has 0 bridgehead atoms. The van der Waals surface area contributed by atoms with Crippen LogP contribution in [0.2, 0.25) is 0 Å². The van der Waals surface area contributed by atoms with E-state index in [1.165, 1.54) is 11.8 Å². The molecule has 0 radical (unpaired) electrons. The second-order valence-electron chi connectivity index (χ2n) is 4.02. The van der Waals surface area contributed by atoms with Crippen molar-refractivity contribution < 1.29 is 15.0 Å². The van der Waals surface area contributed by atoms with E-state index >= 15 is 0 Å². The molecule has 2 N–H and O–H groups in total. The topological polar surface area (TPSA) is 57.5 Å². The van der Waals surface area contributed by atoms with Crippen LogP contribution >= 0.6 is 11.8 Å². The maximum atomic E-state index is 11.0. The van der Waals surface area contributed by atoms with Crippen LogP contribution in [-0.4, -0.2) is 27.5 Å². The van der Waals surface area contributed by atoms with Gasteiger partial charge in [-0.15, -0.1) is 11.8 Å². The summed E-state index contributed by atoms with van der Waals surface area (Å²) in [5.74, 6) is -0.408. The van der Waals surface area contributed by atoms with Gasteiger partial charge in [-0.3, -0.25) is 0 Å². The Labute approximate surface area is 106 Å². The van der Waals surface area contributed by atoms with Gasteiger partial charge in [0.05, 0.1) is 11.2 Å². The molecule has 4 heteroatoms. The molecule has 0 aliphatic heterocycles. The summed E-state index contributed by atoms with van der Waals surface area (Å²) in [5, 5.41) is 19.2.